The Kier molecular flexibility index (Phi) is 6.05. The summed E-state index contributed by atoms with van der Waals surface area (Å²) >= 11 is 0. The predicted molar refractivity (Wildman–Crippen MR) is 65.9 cm³/mol. The summed E-state index contributed by atoms with van der Waals surface area (Å²) in [5, 5.41) is 0. The average molecular weight is 206 g/mol. The number of aryl methyl sites for hydroxylation is 1. The van der Waals surface area contributed by atoms with Crippen molar-refractivity contribution in [3.63, 3.8) is 0 Å². The molecule has 2 nitrogen and oxygen atoms in total. The third-order valence-electron chi connectivity index (χ3n) is 2.59. The predicted octanol–water partition coefficient (Wildman–Crippen LogP) is 1.90. The van der Waals surface area contributed by atoms with Crippen molar-refractivity contribution in [3.05, 3.63) is 35.9 Å². The van der Waals surface area contributed by atoms with Gasteiger partial charge < -0.3 is 10.6 Å². The maximum atomic E-state index is 5.47. The molecule has 0 unspecified atom stereocenters. The molecule has 0 aromatic heterocycles. The van der Waals surface area contributed by atoms with Crippen LogP contribution in [0, 0.1) is 0 Å². The monoisotopic (exact) mass is 206 g/mol. The van der Waals surface area contributed by atoms with Crippen LogP contribution in [0.4, 0.5) is 0 Å². The van der Waals surface area contributed by atoms with E-state index in [9.17, 15) is 0 Å². The molecule has 15 heavy (non-hydrogen) atoms. The summed E-state index contributed by atoms with van der Waals surface area (Å²) in [5.74, 6) is 0. The van der Waals surface area contributed by atoms with Gasteiger partial charge in [0.25, 0.3) is 0 Å². The number of benzene rings is 1. The SMILES string of the molecule is CN(CCCN)CCCc1ccccc1. The molecule has 1 aromatic carbocycles. The van der Waals surface area contributed by atoms with Gasteiger partial charge in [-0.3, -0.25) is 0 Å². The van der Waals surface area contributed by atoms with E-state index >= 15 is 0 Å². The molecular weight excluding hydrogens is 184 g/mol. The molecule has 0 radical (unpaired) electrons. The zero-order valence-electron chi connectivity index (χ0n) is 9.65. The topological polar surface area (TPSA) is 29.3 Å². The highest BCUT2D eigenvalue weighted by Crippen LogP contribution is 2.02. The van der Waals surface area contributed by atoms with Crippen molar-refractivity contribution < 1.29 is 0 Å². The van der Waals surface area contributed by atoms with E-state index < -0.39 is 0 Å². The zero-order valence-corrected chi connectivity index (χ0v) is 9.65. The largest absolute Gasteiger partial charge is 0.330 e. The lowest BCUT2D eigenvalue weighted by molar-refractivity contribution is 0.327. The lowest BCUT2D eigenvalue weighted by Crippen LogP contribution is -2.23. The van der Waals surface area contributed by atoms with Crippen molar-refractivity contribution in [1.29, 1.82) is 0 Å². The summed E-state index contributed by atoms with van der Waals surface area (Å²) in [6, 6.07) is 10.7. The second kappa shape index (κ2) is 7.43. The number of nitrogens with zero attached hydrogens (tertiary/aromatic N) is 1. The number of hydrogen-bond donors (Lipinski definition) is 1. The van der Waals surface area contributed by atoms with E-state index in [0.717, 1.165) is 26.1 Å². The van der Waals surface area contributed by atoms with Gasteiger partial charge >= 0.3 is 0 Å². The molecule has 0 atom stereocenters. The van der Waals surface area contributed by atoms with Gasteiger partial charge in [0.05, 0.1) is 0 Å². The van der Waals surface area contributed by atoms with Gasteiger partial charge in [-0.05, 0) is 51.5 Å². The number of nitrogens with two attached hydrogens (primary N) is 1. The summed E-state index contributed by atoms with van der Waals surface area (Å²) in [6.45, 7) is 3.07. The molecule has 1 aromatic rings. The lowest BCUT2D eigenvalue weighted by atomic mass is 10.1. The maximum Gasteiger partial charge on any atom is -0.000977 e. The molecule has 0 heterocycles. The quantitative estimate of drug-likeness (QED) is 0.738. The molecule has 0 aliphatic carbocycles. The molecule has 0 bridgehead atoms. The van der Waals surface area contributed by atoms with Crippen molar-refractivity contribution in [3.8, 4) is 0 Å². The van der Waals surface area contributed by atoms with Gasteiger partial charge in [-0.1, -0.05) is 30.3 Å². The molecule has 1 rings (SSSR count). The van der Waals surface area contributed by atoms with Crippen LogP contribution >= 0.6 is 0 Å². The van der Waals surface area contributed by atoms with Crippen LogP contribution in [0.5, 0.6) is 0 Å². The highest BCUT2D eigenvalue weighted by atomic mass is 15.1. The second-order valence-corrected chi connectivity index (χ2v) is 4.03. The minimum Gasteiger partial charge on any atom is -0.330 e. The van der Waals surface area contributed by atoms with Crippen molar-refractivity contribution in [2.45, 2.75) is 19.3 Å². The molecule has 84 valence electrons. The summed E-state index contributed by atoms with van der Waals surface area (Å²) in [5.41, 5.74) is 6.90. The van der Waals surface area contributed by atoms with Gasteiger partial charge in [-0.2, -0.15) is 0 Å². The third kappa shape index (κ3) is 5.55. The zero-order chi connectivity index (χ0) is 10.9. The summed E-state index contributed by atoms with van der Waals surface area (Å²) in [4.78, 5) is 2.36. The maximum absolute atomic E-state index is 5.47. The number of rotatable bonds is 7. The molecule has 0 spiro atoms. The molecule has 0 saturated heterocycles. The van der Waals surface area contributed by atoms with Gasteiger partial charge in [-0.15, -0.1) is 0 Å². The molecular formula is C13H22N2. The van der Waals surface area contributed by atoms with E-state index in [4.69, 9.17) is 5.73 Å². The van der Waals surface area contributed by atoms with E-state index in [-0.39, 0.29) is 0 Å². The Morgan fingerprint density at radius 3 is 2.40 bits per heavy atom. The summed E-state index contributed by atoms with van der Waals surface area (Å²) in [6.07, 6.45) is 3.50. The smallest absolute Gasteiger partial charge is 0.000977 e. The van der Waals surface area contributed by atoms with Crippen LogP contribution in [-0.4, -0.2) is 31.6 Å². The second-order valence-electron chi connectivity index (χ2n) is 4.03. The van der Waals surface area contributed by atoms with E-state index in [1.165, 1.54) is 18.4 Å². The van der Waals surface area contributed by atoms with Gasteiger partial charge in [0, 0.05) is 0 Å². The molecule has 0 fully saturated rings. The Morgan fingerprint density at radius 2 is 1.73 bits per heavy atom. The lowest BCUT2D eigenvalue weighted by Gasteiger charge is -2.15. The third-order valence-corrected chi connectivity index (χ3v) is 2.59. The van der Waals surface area contributed by atoms with Crippen molar-refractivity contribution in [2.24, 2.45) is 5.73 Å². The molecule has 2 heteroatoms. The first kappa shape index (κ1) is 12.2. The van der Waals surface area contributed by atoms with Crippen LogP contribution in [0.2, 0.25) is 0 Å². The Balaban J connectivity index is 2.11. The minimum atomic E-state index is 0.795. The minimum absolute atomic E-state index is 0.795. The Bertz CT molecular complexity index is 246. The Morgan fingerprint density at radius 1 is 1.07 bits per heavy atom. The van der Waals surface area contributed by atoms with Crippen LogP contribution in [0.1, 0.15) is 18.4 Å². The normalized spacial score (nSPS) is 10.9. The van der Waals surface area contributed by atoms with Gasteiger partial charge in [0.2, 0.25) is 0 Å². The standard InChI is InChI=1S/C13H22N2/c1-15(12-6-10-14)11-5-9-13-7-3-2-4-8-13/h2-4,7-8H,5-6,9-12,14H2,1H3. The highest BCUT2D eigenvalue weighted by molar-refractivity contribution is 5.14. The summed E-state index contributed by atoms with van der Waals surface area (Å²) < 4.78 is 0. The fraction of sp³-hybridized carbons (Fsp3) is 0.538. The Hall–Kier alpha value is -0.860. The molecule has 0 amide bonds. The van der Waals surface area contributed by atoms with Gasteiger partial charge in [0.15, 0.2) is 0 Å². The van der Waals surface area contributed by atoms with Gasteiger partial charge in [0.1, 0.15) is 0 Å². The fourth-order valence-corrected chi connectivity index (χ4v) is 1.67. The van der Waals surface area contributed by atoms with Crippen molar-refractivity contribution in [2.75, 3.05) is 26.7 Å². The number of hydrogen-bond acceptors (Lipinski definition) is 2. The van der Waals surface area contributed by atoms with Crippen molar-refractivity contribution >= 4 is 0 Å². The van der Waals surface area contributed by atoms with E-state index in [1.807, 2.05) is 0 Å². The van der Waals surface area contributed by atoms with Crippen molar-refractivity contribution in [1.82, 2.24) is 4.90 Å². The van der Waals surface area contributed by atoms with Gasteiger partial charge in [-0.25, -0.2) is 0 Å². The van der Waals surface area contributed by atoms with Crippen LogP contribution in [-0.2, 0) is 6.42 Å². The molecule has 0 aliphatic rings. The average Bonchev–Trinajstić information content (AvgIpc) is 2.28. The van der Waals surface area contributed by atoms with Crippen LogP contribution < -0.4 is 5.73 Å². The Labute approximate surface area is 93.1 Å². The first-order valence-electron chi connectivity index (χ1n) is 5.75. The van der Waals surface area contributed by atoms with E-state index in [2.05, 4.69) is 42.3 Å². The fourth-order valence-electron chi connectivity index (χ4n) is 1.67. The van der Waals surface area contributed by atoms with E-state index in [1.54, 1.807) is 0 Å². The highest BCUT2D eigenvalue weighted by Gasteiger charge is 1.97. The van der Waals surface area contributed by atoms with Crippen LogP contribution in [0.25, 0.3) is 0 Å². The molecule has 2 N–H and O–H groups in total. The van der Waals surface area contributed by atoms with Crippen LogP contribution in [0.15, 0.2) is 30.3 Å². The first-order chi connectivity index (χ1) is 7.33. The van der Waals surface area contributed by atoms with E-state index in [0.29, 0.717) is 0 Å². The first-order valence-corrected chi connectivity index (χ1v) is 5.75. The molecule has 0 saturated carbocycles. The van der Waals surface area contributed by atoms with Crippen LogP contribution in [0.3, 0.4) is 0 Å². The summed E-state index contributed by atoms with van der Waals surface area (Å²) in [7, 11) is 2.17. The molecule has 0 aliphatic heterocycles.